The van der Waals surface area contributed by atoms with Crippen molar-refractivity contribution in [3.05, 3.63) is 41.8 Å². The highest BCUT2D eigenvalue weighted by Gasteiger charge is 2.20. The molecule has 1 aromatic heterocycles. The first kappa shape index (κ1) is 14.3. The lowest BCUT2D eigenvalue weighted by Crippen LogP contribution is -2.35. The van der Waals surface area contributed by atoms with Crippen LogP contribution in [0.2, 0.25) is 0 Å². The first-order valence-electron chi connectivity index (χ1n) is 7.28. The van der Waals surface area contributed by atoms with Gasteiger partial charge < -0.3 is 14.7 Å². The molecule has 2 aromatic rings. The maximum atomic E-state index is 12.1. The van der Waals surface area contributed by atoms with Crippen LogP contribution in [-0.4, -0.2) is 23.5 Å². The molecule has 1 saturated heterocycles. The molecule has 0 aliphatic carbocycles. The van der Waals surface area contributed by atoms with Crippen molar-refractivity contribution in [2.45, 2.75) is 26.2 Å². The zero-order valence-corrected chi connectivity index (χ0v) is 12.3. The summed E-state index contributed by atoms with van der Waals surface area (Å²) in [4.78, 5) is 25.8. The molecular weight excluding hydrogens is 282 g/mol. The van der Waals surface area contributed by atoms with E-state index in [1.807, 2.05) is 12.1 Å². The summed E-state index contributed by atoms with van der Waals surface area (Å²) >= 11 is 0. The van der Waals surface area contributed by atoms with E-state index in [9.17, 15) is 9.59 Å². The van der Waals surface area contributed by atoms with Gasteiger partial charge in [0.25, 0.3) is 5.91 Å². The number of hydrogen-bond donors (Lipinski definition) is 1. The number of carbonyl (C=O) groups is 2. The van der Waals surface area contributed by atoms with Gasteiger partial charge in [-0.05, 0) is 38.0 Å². The van der Waals surface area contributed by atoms with Crippen molar-refractivity contribution >= 4 is 23.2 Å². The van der Waals surface area contributed by atoms with Crippen LogP contribution < -0.4 is 10.2 Å². The van der Waals surface area contributed by atoms with Crippen LogP contribution in [0.5, 0.6) is 0 Å². The van der Waals surface area contributed by atoms with Gasteiger partial charge in [0.2, 0.25) is 5.91 Å². The van der Waals surface area contributed by atoms with Crippen LogP contribution in [0.4, 0.5) is 11.4 Å². The number of aromatic nitrogens is 1. The first-order valence-corrected chi connectivity index (χ1v) is 7.28. The van der Waals surface area contributed by atoms with Crippen molar-refractivity contribution in [1.82, 2.24) is 5.16 Å². The van der Waals surface area contributed by atoms with Gasteiger partial charge in [-0.15, -0.1) is 0 Å². The topological polar surface area (TPSA) is 75.4 Å². The first-order chi connectivity index (χ1) is 10.6. The molecule has 1 aliphatic rings. The Hall–Kier alpha value is -2.63. The minimum Gasteiger partial charge on any atom is -0.361 e. The number of hydrogen-bond acceptors (Lipinski definition) is 4. The van der Waals surface area contributed by atoms with Gasteiger partial charge in [0.05, 0.1) is 0 Å². The molecule has 6 heteroatoms. The molecule has 0 unspecified atom stereocenters. The van der Waals surface area contributed by atoms with Crippen LogP contribution in [0, 0.1) is 6.92 Å². The van der Waals surface area contributed by atoms with E-state index in [1.165, 1.54) is 0 Å². The van der Waals surface area contributed by atoms with E-state index < -0.39 is 0 Å². The molecule has 0 spiro atoms. The molecule has 1 fully saturated rings. The molecule has 114 valence electrons. The Morgan fingerprint density at radius 3 is 2.91 bits per heavy atom. The predicted octanol–water partition coefficient (Wildman–Crippen LogP) is 2.75. The summed E-state index contributed by atoms with van der Waals surface area (Å²) in [6.45, 7) is 2.45. The number of aryl methyl sites for hydroxylation is 1. The lowest BCUT2D eigenvalue weighted by atomic mass is 10.1. The molecule has 0 atom stereocenters. The second-order valence-electron chi connectivity index (χ2n) is 5.33. The molecule has 0 radical (unpaired) electrons. The number of piperidine rings is 1. The van der Waals surface area contributed by atoms with E-state index in [0.717, 1.165) is 25.1 Å². The van der Waals surface area contributed by atoms with Gasteiger partial charge in [-0.1, -0.05) is 11.2 Å². The Kier molecular flexibility index (Phi) is 3.91. The van der Waals surface area contributed by atoms with E-state index in [1.54, 1.807) is 30.0 Å². The van der Waals surface area contributed by atoms with Gasteiger partial charge in [-0.3, -0.25) is 9.59 Å². The fourth-order valence-electron chi connectivity index (χ4n) is 2.50. The number of carbonyl (C=O) groups excluding carboxylic acids is 2. The van der Waals surface area contributed by atoms with Gasteiger partial charge in [0, 0.05) is 30.4 Å². The zero-order chi connectivity index (χ0) is 15.5. The monoisotopic (exact) mass is 299 g/mol. The summed E-state index contributed by atoms with van der Waals surface area (Å²) in [6.07, 6.45) is 2.52. The van der Waals surface area contributed by atoms with E-state index >= 15 is 0 Å². The zero-order valence-electron chi connectivity index (χ0n) is 12.3. The predicted molar refractivity (Wildman–Crippen MR) is 81.8 cm³/mol. The second kappa shape index (κ2) is 6.01. The van der Waals surface area contributed by atoms with Crippen molar-refractivity contribution < 1.29 is 14.1 Å². The van der Waals surface area contributed by atoms with Crippen molar-refractivity contribution in [3.63, 3.8) is 0 Å². The highest BCUT2D eigenvalue weighted by atomic mass is 16.5. The standard InChI is InChI=1S/C16H17N3O3/c1-11-9-14(18-22-11)16(21)17-12-5-4-6-13(10-12)19-8-3-2-7-15(19)20/h4-6,9-10H,2-3,7-8H2,1H3,(H,17,21). The summed E-state index contributed by atoms with van der Waals surface area (Å²) in [5, 5.41) is 6.45. The number of amides is 2. The summed E-state index contributed by atoms with van der Waals surface area (Å²) < 4.78 is 4.89. The molecule has 6 nitrogen and oxygen atoms in total. The molecule has 22 heavy (non-hydrogen) atoms. The van der Waals surface area contributed by atoms with Gasteiger partial charge in [0.1, 0.15) is 5.76 Å². The van der Waals surface area contributed by atoms with Crippen LogP contribution in [0.25, 0.3) is 0 Å². The summed E-state index contributed by atoms with van der Waals surface area (Å²) in [6, 6.07) is 8.85. The summed E-state index contributed by atoms with van der Waals surface area (Å²) in [7, 11) is 0. The molecular formula is C16H17N3O3. The average Bonchev–Trinajstić information content (AvgIpc) is 2.95. The molecule has 1 aliphatic heterocycles. The van der Waals surface area contributed by atoms with Gasteiger partial charge in [-0.25, -0.2) is 0 Å². The number of anilines is 2. The lowest BCUT2D eigenvalue weighted by molar-refractivity contribution is -0.119. The lowest BCUT2D eigenvalue weighted by Gasteiger charge is -2.27. The molecule has 0 saturated carbocycles. The van der Waals surface area contributed by atoms with Gasteiger partial charge in [-0.2, -0.15) is 0 Å². The van der Waals surface area contributed by atoms with E-state index in [-0.39, 0.29) is 17.5 Å². The maximum Gasteiger partial charge on any atom is 0.277 e. The van der Waals surface area contributed by atoms with Gasteiger partial charge in [0.15, 0.2) is 5.69 Å². The molecule has 1 aromatic carbocycles. The highest BCUT2D eigenvalue weighted by Crippen LogP contribution is 2.24. The molecule has 2 heterocycles. The van der Waals surface area contributed by atoms with Crippen LogP contribution in [0.1, 0.15) is 35.5 Å². The number of nitrogens with zero attached hydrogens (tertiary/aromatic N) is 2. The smallest absolute Gasteiger partial charge is 0.277 e. The van der Waals surface area contributed by atoms with E-state index in [0.29, 0.717) is 17.9 Å². The van der Waals surface area contributed by atoms with E-state index in [2.05, 4.69) is 10.5 Å². The number of nitrogens with one attached hydrogen (secondary N) is 1. The van der Waals surface area contributed by atoms with Crippen LogP contribution in [-0.2, 0) is 4.79 Å². The number of benzene rings is 1. The minimum atomic E-state index is -0.334. The Balaban J connectivity index is 1.76. The Bertz CT molecular complexity index is 708. The third kappa shape index (κ3) is 3.00. The normalized spacial score (nSPS) is 15.0. The average molecular weight is 299 g/mol. The fourth-order valence-corrected chi connectivity index (χ4v) is 2.50. The fraction of sp³-hybridized carbons (Fsp3) is 0.312. The minimum absolute atomic E-state index is 0.127. The Morgan fingerprint density at radius 1 is 1.32 bits per heavy atom. The SMILES string of the molecule is Cc1cc(C(=O)Nc2cccc(N3CCCCC3=O)c2)no1. The third-order valence-electron chi connectivity index (χ3n) is 3.60. The maximum absolute atomic E-state index is 12.1. The van der Waals surface area contributed by atoms with Crippen LogP contribution in [0.15, 0.2) is 34.9 Å². The van der Waals surface area contributed by atoms with E-state index in [4.69, 9.17) is 4.52 Å². The molecule has 1 N–H and O–H groups in total. The Morgan fingerprint density at radius 2 is 2.18 bits per heavy atom. The summed E-state index contributed by atoms with van der Waals surface area (Å²) in [5.41, 5.74) is 1.66. The molecule has 3 rings (SSSR count). The second-order valence-corrected chi connectivity index (χ2v) is 5.33. The van der Waals surface area contributed by atoms with Crippen molar-refractivity contribution in [2.24, 2.45) is 0 Å². The number of rotatable bonds is 3. The van der Waals surface area contributed by atoms with Gasteiger partial charge >= 0.3 is 0 Å². The van der Waals surface area contributed by atoms with Crippen molar-refractivity contribution in [3.8, 4) is 0 Å². The van der Waals surface area contributed by atoms with Crippen molar-refractivity contribution in [1.29, 1.82) is 0 Å². The van der Waals surface area contributed by atoms with Crippen LogP contribution in [0.3, 0.4) is 0 Å². The summed E-state index contributed by atoms with van der Waals surface area (Å²) in [5.74, 6) is 0.374. The molecule has 2 amide bonds. The molecule has 0 bridgehead atoms. The third-order valence-corrected chi connectivity index (χ3v) is 3.60. The Labute approximate surface area is 128 Å². The highest BCUT2D eigenvalue weighted by molar-refractivity contribution is 6.03. The quantitative estimate of drug-likeness (QED) is 0.945. The van der Waals surface area contributed by atoms with Crippen molar-refractivity contribution in [2.75, 3.05) is 16.8 Å². The largest absolute Gasteiger partial charge is 0.361 e. The van der Waals surface area contributed by atoms with Crippen LogP contribution >= 0.6 is 0 Å².